The molecule has 0 saturated heterocycles. The van der Waals surface area contributed by atoms with Crippen molar-refractivity contribution in [1.82, 2.24) is 0 Å². The van der Waals surface area contributed by atoms with Gasteiger partial charge in [0, 0.05) is 6.08 Å². The van der Waals surface area contributed by atoms with Crippen molar-refractivity contribution in [3.63, 3.8) is 0 Å². The van der Waals surface area contributed by atoms with Crippen molar-refractivity contribution in [3.8, 4) is 0 Å². The first-order valence-electron chi connectivity index (χ1n) is 3.47. The molecule has 0 amide bonds. The van der Waals surface area contributed by atoms with Crippen LogP contribution in [-0.2, 0) is 4.79 Å². The Kier molecular flexibility index (Phi) is 2.43. The molecule has 1 aliphatic rings. The molecule has 0 heterocycles. The molecule has 0 aliphatic heterocycles. The largest absolute Gasteiger partial charge is 0.481 e. The van der Waals surface area contributed by atoms with E-state index < -0.39 is 28.6 Å². The molecule has 0 fully saturated rings. The summed E-state index contributed by atoms with van der Waals surface area (Å²) in [5.74, 6) is -2.51. The Labute approximate surface area is 72.9 Å². The fourth-order valence-corrected chi connectivity index (χ4v) is 1.05. The number of nitrogens with zero attached hydrogens (tertiary/aromatic N) is 1. The molecule has 1 aliphatic carbocycles. The van der Waals surface area contributed by atoms with E-state index in [0.29, 0.717) is 0 Å². The van der Waals surface area contributed by atoms with E-state index in [-0.39, 0.29) is 0 Å². The number of hydrogen-bond donors (Lipinski definition) is 2. The Balaban J connectivity index is 2.93. The number of hydrogen-bond acceptors (Lipinski definition) is 4. The standard InChI is InChI=1S/C7H7NO5/c9-6-4(7(10)11)2-1-3-5(6)8(12)13/h1-4,6,9H,(H,10,11). The molecule has 0 saturated carbocycles. The summed E-state index contributed by atoms with van der Waals surface area (Å²) >= 11 is 0. The van der Waals surface area contributed by atoms with Crippen LogP contribution in [0.1, 0.15) is 0 Å². The summed E-state index contributed by atoms with van der Waals surface area (Å²) in [4.78, 5) is 20.0. The van der Waals surface area contributed by atoms with E-state index >= 15 is 0 Å². The van der Waals surface area contributed by atoms with Gasteiger partial charge < -0.3 is 10.2 Å². The molecular formula is C7H7NO5. The molecule has 0 aromatic heterocycles. The highest BCUT2D eigenvalue weighted by Gasteiger charge is 2.35. The van der Waals surface area contributed by atoms with Crippen molar-refractivity contribution < 1.29 is 19.9 Å². The van der Waals surface area contributed by atoms with Crippen LogP contribution in [0.2, 0.25) is 0 Å². The van der Waals surface area contributed by atoms with Gasteiger partial charge >= 0.3 is 5.97 Å². The maximum atomic E-state index is 10.5. The summed E-state index contributed by atoms with van der Waals surface area (Å²) in [5.41, 5.74) is -0.491. The van der Waals surface area contributed by atoms with Crippen LogP contribution >= 0.6 is 0 Å². The molecule has 2 N–H and O–H groups in total. The van der Waals surface area contributed by atoms with E-state index in [1.54, 1.807) is 0 Å². The monoisotopic (exact) mass is 185 g/mol. The van der Waals surface area contributed by atoms with Crippen molar-refractivity contribution in [3.05, 3.63) is 34.0 Å². The van der Waals surface area contributed by atoms with E-state index in [4.69, 9.17) is 5.11 Å². The van der Waals surface area contributed by atoms with Gasteiger partial charge in [0.2, 0.25) is 0 Å². The molecule has 0 aromatic carbocycles. The zero-order valence-electron chi connectivity index (χ0n) is 6.45. The van der Waals surface area contributed by atoms with Crippen molar-refractivity contribution in [1.29, 1.82) is 0 Å². The van der Waals surface area contributed by atoms with Gasteiger partial charge in [-0.25, -0.2) is 0 Å². The molecule has 2 atom stereocenters. The average molecular weight is 185 g/mol. The molecule has 13 heavy (non-hydrogen) atoms. The lowest BCUT2D eigenvalue weighted by molar-refractivity contribution is -0.437. The van der Waals surface area contributed by atoms with Crippen LogP contribution < -0.4 is 0 Å². The fraction of sp³-hybridized carbons (Fsp3) is 0.286. The van der Waals surface area contributed by atoms with Gasteiger partial charge in [0.15, 0.2) is 6.10 Å². The van der Waals surface area contributed by atoms with Gasteiger partial charge in [0.25, 0.3) is 5.70 Å². The van der Waals surface area contributed by atoms with Gasteiger partial charge in [0.1, 0.15) is 5.92 Å². The Morgan fingerprint density at radius 1 is 1.62 bits per heavy atom. The number of aliphatic hydroxyl groups is 1. The zero-order valence-corrected chi connectivity index (χ0v) is 6.45. The Morgan fingerprint density at radius 3 is 2.69 bits per heavy atom. The highest BCUT2D eigenvalue weighted by atomic mass is 16.6. The molecule has 6 nitrogen and oxygen atoms in total. The summed E-state index contributed by atoms with van der Waals surface area (Å²) in [6, 6.07) is 0. The first-order chi connectivity index (χ1) is 6.04. The lowest BCUT2D eigenvalue weighted by atomic mass is 9.95. The maximum Gasteiger partial charge on any atom is 0.313 e. The minimum atomic E-state index is -1.57. The second-order valence-electron chi connectivity index (χ2n) is 2.54. The predicted molar refractivity (Wildman–Crippen MR) is 41.4 cm³/mol. The van der Waals surface area contributed by atoms with E-state index in [2.05, 4.69) is 0 Å². The molecule has 2 unspecified atom stereocenters. The molecule has 0 aromatic rings. The Bertz CT molecular complexity index is 306. The molecule has 0 radical (unpaired) electrons. The summed E-state index contributed by atoms with van der Waals surface area (Å²) in [6.07, 6.45) is 1.98. The van der Waals surface area contributed by atoms with Crippen molar-refractivity contribution in [2.24, 2.45) is 5.92 Å². The highest BCUT2D eigenvalue weighted by molar-refractivity contribution is 5.74. The van der Waals surface area contributed by atoms with Gasteiger partial charge in [-0.3, -0.25) is 14.9 Å². The van der Waals surface area contributed by atoms with Gasteiger partial charge in [-0.15, -0.1) is 0 Å². The van der Waals surface area contributed by atoms with Crippen LogP contribution in [0.25, 0.3) is 0 Å². The predicted octanol–water partition coefficient (Wildman–Crippen LogP) is -0.221. The molecule has 0 bridgehead atoms. The number of rotatable bonds is 2. The first-order valence-corrected chi connectivity index (χ1v) is 3.47. The van der Waals surface area contributed by atoms with E-state index in [1.807, 2.05) is 0 Å². The van der Waals surface area contributed by atoms with Crippen LogP contribution in [0.5, 0.6) is 0 Å². The van der Waals surface area contributed by atoms with Crippen molar-refractivity contribution in [2.45, 2.75) is 6.10 Å². The normalized spacial score (nSPS) is 26.7. The number of carboxylic acid groups (broad SMARTS) is 1. The molecule has 0 spiro atoms. The van der Waals surface area contributed by atoms with Gasteiger partial charge in [-0.2, -0.15) is 0 Å². The van der Waals surface area contributed by atoms with E-state index in [0.717, 1.165) is 6.08 Å². The van der Waals surface area contributed by atoms with E-state index in [1.165, 1.54) is 12.2 Å². The van der Waals surface area contributed by atoms with Gasteiger partial charge in [-0.1, -0.05) is 12.2 Å². The highest BCUT2D eigenvalue weighted by Crippen LogP contribution is 2.19. The Hall–Kier alpha value is -1.69. The number of aliphatic carboxylic acids is 1. The maximum absolute atomic E-state index is 10.5. The zero-order chi connectivity index (χ0) is 10.0. The smallest absolute Gasteiger partial charge is 0.313 e. The second kappa shape index (κ2) is 3.36. The third kappa shape index (κ3) is 1.73. The summed E-state index contributed by atoms with van der Waals surface area (Å²) in [7, 11) is 0. The summed E-state index contributed by atoms with van der Waals surface area (Å²) in [6.45, 7) is 0. The van der Waals surface area contributed by atoms with Crippen LogP contribution in [0.4, 0.5) is 0 Å². The first kappa shape index (κ1) is 9.40. The molecule has 6 heteroatoms. The van der Waals surface area contributed by atoms with Crippen molar-refractivity contribution in [2.75, 3.05) is 0 Å². The van der Waals surface area contributed by atoms with E-state index in [9.17, 15) is 20.0 Å². The quantitative estimate of drug-likeness (QED) is 0.457. The minimum absolute atomic E-state index is 0.491. The van der Waals surface area contributed by atoms with Gasteiger partial charge in [0.05, 0.1) is 4.92 Å². The number of aliphatic hydroxyl groups excluding tert-OH is 1. The minimum Gasteiger partial charge on any atom is -0.481 e. The van der Waals surface area contributed by atoms with Crippen LogP contribution in [0, 0.1) is 16.0 Å². The topological polar surface area (TPSA) is 101 Å². The van der Waals surface area contributed by atoms with Crippen LogP contribution in [0.15, 0.2) is 23.9 Å². The molecule has 1 rings (SSSR count). The number of nitro groups is 1. The lowest BCUT2D eigenvalue weighted by Gasteiger charge is -2.15. The summed E-state index contributed by atoms with van der Waals surface area (Å²) in [5, 5.41) is 28.1. The fourth-order valence-electron chi connectivity index (χ4n) is 1.05. The van der Waals surface area contributed by atoms with Crippen LogP contribution in [-0.4, -0.2) is 27.2 Å². The molecule has 70 valence electrons. The van der Waals surface area contributed by atoms with Gasteiger partial charge in [-0.05, 0) is 0 Å². The Morgan fingerprint density at radius 2 is 2.23 bits per heavy atom. The van der Waals surface area contributed by atoms with Crippen molar-refractivity contribution >= 4 is 5.97 Å². The molecular weight excluding hydrogens is 178 g/mol. The number of allylic oxidation sites excluding steroid dienone is 2. The lowest BCUT2D eigenvalue weighted by Crippen LogP contribution is -2.32. The third-order valence-electron chi connectivity index (χ3n) is 1.72. The number of carbonyl (C=O) groups is 1. The summed E-state index contributed by atoms with van der Waals surface area (Å²) < 4.78 is 0. The second-order valence-corrected chi connectivity index (χ2v) is 2.54. The SMILES string of the molecule is O=C(O)C1C=CC=C([N+](=O)[O-])C1O. The van der Waals surface area contributed by atoms with Crippen LogP contribution in [0.3, 0.4) is 0 Å². The number of carboxylic acids is 1. The third-order valence-corrected chi connectivity index (χ3v) is 1.72. The average Bonchev–Trinajstić information content (AvgIpc) is 2.03.